The third-order valence-electron chi connectivity index (χ3n) is 3.97. The Morgan fingerprint density at radius 1 is 1.45 bits per heavy atom. The minimum Gasteiger partial charge on any atom is -0.311 e. The molecule has 1 saturated carbocycles. The molecule has 0 N–H and O–H groups in total. The van der Waals surface area contributed by atoms with Gasteiger partial charge in [-0.1, -0.05) is 0 Å². The number of halogens is 1. The SMILES string of the molecule is Cc1cnc2c(c1)nc(CCCl)n2CCN(C)C1CC1. The van der Waals surface area contributed by atoms with Gasteiger partial charge in [-0.05, 0) is 38.4 Å². The average Bonchev–Trinajstić information content (AvgIpc) is 3.20. The van der Waals surface area contributed by atoms with E-state index in [4.69, 9.17) is 16.6 Å². The molecule has 3 rings (SSSR count). The molecule has 1 fully saturated rings. The Morgan fingerprint density at radius 2 is 2.25 bits per heavy atom. The zero-order valence-electron chi connectivity index (χ0n) is 12.1. The molecule has 0 radical (unpaired) electrons. The second kappa shape index (κ2) is 5.70. The summed E-state index contributed by atoms with van der Waals surface area (Å²) < 4.78 is 2.23. The summed E-state index contributed by atoms with van der Waals surface area (Å²) >= 11 is 5.91. The number of hydrogen-bond acceptors (Lipinski definition) is 3. The van der Waals surface area contributed by atoms with Crippen LogP contribution in [0.4, 0.5) is 0 Å². The second-order valence-corrected chi connectivity index (χ2v) is 6.06. The molecule has 0 saturated heterocycles. The Balaban J connectivity index is 1.87. The fourth-order valence-electron chi connectivity index (χ4n) is 2.62. The van der Waals surface area contributed by atoms with Crippen LogP contribution in [-0.2, 0) is 13.0 Å². The Morgan fingerprint density at radius 3 is 2.95 bits per heavy atom. The number of alkyl halides is 1. The van der Waals surface area contributed by atoms with E-state index >= 15 is 0 Å². The highest BCUT2D eigenvalue weighted by atomic mass is 35.5. The van der Waals surface area contributed by atoms with Gasteiger partial charge >= 0.3 is 0 Å². The first kappa shape index (κ1) is 13.8. The van der Waals surface area contributed by atoms with Gasteiger partial charge < -0.3 is 9.47 Å². The summed E-state index contributed by atoms with van der Waals surface area (Å²) in [6.45, 7) is 4.03. The predicted octanol–water partition coefficient (Wildman–Crippen LogP) is 2.62. The number of likely N-dealkylation sites (N-methyl/N-ethyl adjacent to an activating group) is 1. The quantitative estimate of drug-likeness (QED) is 0.768. The van der Waals surface area contributed by atoms with Crippen molar-refractivity contribution in [2.24, 2.45) is 0 Å². The average molecular weight is 293 g/mol. The lowest BCUT2D eigenvalue weighted by atomic mass is 10.3. The molecule has 0 bridgehead atoms. The van der Waals surface area contributed by atoms with Gasteiger partial charge in [0.15, 0.2) is 5.65 Å². The maximum absolute atomic E-state index is 5.91. The molecule has 0 spiro atoms. The number of imidazole rings is 1. The van der Waals surface area contributed by atoms with Gasteiger partial charge in [0, 0.05) is 37.6 Å². The Bertz CT molecular complexity index is 603. The van der Waals surface area contributed by atoms with Crippen LogP contribution >= 0.6 is 11.6 Å². The van der Waals surface area contributed by atoms with Crippen LogP contribution in [0.3, 0.4) is 0 Å². The van der Waals surface area contributed by atoms with Crippen LogP contribution in [0, 0.1) is 6.92 Å². The number of rotatable bonds is 6. The van der Waals surface area contributed by atoms with E-state index in [9.17, 15) is 0 Å². The number of fused-ring (bicyclic) bond motifs is 1. The highest BCUT2D eigenvalue weighted by Gasteiger charge is 2.26. The summed E-state index contributed by atoms with van der Waals surface area (Å²) in [7, 11) is 2.20. The number of pyridine rings is 1. The summed E-state index contributed by atoms with van der Waals surface area (Å²) in [5, 5.41) is 0. The second-order valence-electron chi connectivity index (χ2n) is 5.69. The third kappa shape index (κ3) is 2.81. The van der Waals surface area contributed by atoms with Crippen LogP contribution in [0.1, 0.15) is 24.2 Å². The summed E-state index contributed by atoms with van der Waals surface area (Å²) in [4.78, 5) is 11.7. The Kier molecular flexibility index (Phi) is 3.94. The van der Waals surface area contributed by atoms with Crippen LogP contribution < -0.4 is 0 Å². The minimum atomic E-state index is 0.598. The normalized spacial score (nSPS) is 15.4. The summed E-state index contributed by atoms with van der Waals surface area (Å²) in [5.41, 5.74) is 3.12. The van der Waals surface area contributed by atoms with Crippen molar-refractivity contribution in [3.8, 4) is 0 Å². The monoisotopic (exact) mass is 292 g/mol. The van der Waals surface area contributed by atoms with Crippen molar-refractivity contribution in [1.82, 2.24) is 19.4 Å². The van der Waals surface area contributed by atoms with Gasteiger partial charge in [-0.2, -0.15) is 0 Å². The zero-order chi connectivity index (χ0) is 14.1. The first-order valence-electron chi connectivity index (χ1n) is 7.27. The standard InChI is InChI=1S/C15H21ClN4/c1-11-9-13-15(17-10-11)20(14(18-13)5-6-16)8-7-19(2)12-3-4-12/h9-10,12H,3-8H2,1-2H3. The first-order valence-corrected chi connectivity index (χ1v) is 7.80. The van der Waals surface area contributed by atoms with E-state index in [0.29, 0.717) is 5.88 Å². The van der Waals surface area contributed by atoms with Gasteiger partial charge in [0.25, 0.3) is 0 Å². The van der Waals surface area contributed by atoms with Gasteiger partial charge in [-0.3, -0.25) is 0 Å². The molecular formula is C15H21ClN4. The Labute approximate surface area is 124 Å². The smallest absolute Gasteiger partial charge is 0.160 e. The van der Waals surface area contributed by atoms with Gasteiger partial charge in [-0.15, -0.1) is 11.6 Å². The largest absolute Gasteiger partial charge is 0.311 e. The summed E-state index contributed by atoms with van der Waals surface area (Å²) in [5.74, 6) is 1.65. The number of aryl methyl sites for hydroxylation is 2. The molecule has 0 unspecified atom stereocenters. The van der Waals surface area contributed by atoms with Gasteiger partial charge in [0.2, 0.25) is 0 Å². The molecule has 0 aliphatic heterocycles. The summed E-state index contributed by atoms with van der Waals surface area (Å²) in [6, 6.07) is 2.89. The molecule has 0 atom stereocenters. The van der Waals surface area contributed by atoms with Crippen LogP contribution in [0.25, 0.3) is 11.2 Å². The van der Waals surface area contributed by atoms with Gasteiger partial charge in [0.1, 0.15) is 11.3 Å². The molecule has 0 aromatic carbocycles. The van der Waals surface area contributed by atoms with E-state index in [0.717, 1.165) is 48.1 Å². The number of aromatic nitrogens is 3. The van der Waals surface area contributed by atoms with Crippen LogP contribution in [0.5, 0.6) is 0 Å². The lowest BCUT2D eigenvalue weighted by Crippen LogP contribution is -2.26. The third-order valence-corrected chi connectivity index (χ3v) is 4.15. The van der Waals surface area contributed by atoms with E-state index in [-0.39, 0.29) is 0 Å². The molecule has 1 aliphatic carbocycles. The molecule has 1 aliphatic rings. The summed E-state index contributed by atoms with van der Waals surface area (Å²) in [6.07, 6.45) is 5.39. The Hall–Kier alpha value is -1.13. The van der Waals surface area contributed by atoms with E-state index in [2.05, 4.69) is 27.6 Å². The van der Waals surface area contributed by atoms with E-state index in [1.807, 2.05) is 13.1 Å². The maximum Gasteiger partial charge on any atom is 0.160 e. The van der Waals surface area contributed by atoms with Crippen molar-refractivity contribution in [3.05, 3.63) is 23.7 Å². The number of nitrogens with zero attached hydrogens (tertiary/aromatic N) is 4. The lowest BCUT2D eigenvalue weighted by Gasteiger charge is -2.17. The molecule has 4 nitrogen and oxygen atoms in total. The van der Waals surface area contributed by atoms with Crippen molar-refractivity contribution >= 4 is 22.8 Å². The number of hydrogen-bond donors (Lipinski definition) is 0. The van der Waals surface area contributed by atoms with Crippen molar-refractivity contribution in [2.45, 2.75) is 38.8 Å². The molecule has 2 aromatic rings. The molecule has 20 heavy (non-hydrogen) atoms. The molecule has 0 amide bonds. The van der Waals surface area contributed by atoms with Crippen molar-refractivity contribution in [1.29, 1.82) is 0 Å². The predicted molar refractivity (Wildman–Crippen MR) is 82.3 cm³/mol. The lowest BCUT2D eigenvalue weighted by molar-refractivity contribution is 0.309. The van der Waals surface area contributed by atoms with Crippen molar-refractivity contribution < 1.29 is 0 Å². The van der Waals surface area contributed by atoms with E-state index < -0.39 is 0 Å². The molecule has 5 heteroatoms. The molecule has 2 heterocycles. The first-order chi connectivity index (χ1) is 9.69. The maximum atomic E-state index is 5.91. The molecule has 2 aromatic heterocycles. The van der Waals surface area contributed by atoms with Crippen molar-refractivity contribution in [3.63, 3.8) is 0 Å². The van der Waals surface area contributed by atoms with Gasteiger partial charge in [0.05, 0.1) is 0 Å². The van der Waals surface area contributed by atoms with Crippen LogP contribution in [0.2, 0.25) is 0 Å². The highest BCUT2D eigenvalue weighted by Crippen LogP contribution is 2.25. The molecular weight excluding hydrogens is 272 g/mol. The fraction of sp³-hybridized carbons (Fsp3) is 0.600. The van der Waals surface area contributed by atoms with Gasteiger partial charge in [-0.25, -0.2) is 9.97 Å². The van der Waals surface area contributed by atoms with Crippen molar-refractivity contribution in [2.75, 3.05) is 19.5 Å². The van der Waals surface area contributed by atoms with E-state index in [1.165, 1.54) is 12.8 Å². The van der Waals surface area contributed by atoms with E-state index in [1.54, 1.807) is 0 Å². The topological polar surface area (TPSA) is 34.0 Å². The molecule has 108 valence electrons. The minimum absolute atomic E-state index is 0.598. The zero-order valence-corrected chi connectivity index (χ0v) is 12.9. The van der Waals surface area contributed by atoms with Crippen LogP contribution in [-0.4, -0.2) is 44.9 Å². The van der Waals surface area contributed by atoms with Crippen LogP contribution in [0.15, 0.2) is 12.3 Å². The highest BCUT2D eigenvalue weighted by molar-refractivity contribution is 6.17. The fourth-order valence-corrected chi connectivity index (χ4v) is 2.79.